The molecule has 0 aromatic heterocycles. The molecule has 0 bridgehead atoms. The largest absolute Gasteiger partial charge is 0.317 e. The molecule has 1 saturated heterocycles. The lowest BCUT2D eigenvalue weighted by Crippen LogP contribution is -2.40. The van der Waals surface area contributed by atoms with Gasteiger partial charge in [-0.05, 0) is 49.9 Å². The summed E-state index contributed by atoms with van der Waals surface area (Å²) in [4.78, 5) is 12.7. The average molecular weight is 259 g/mol. The number of rotatable bonds is 4. The van der Waals surface area contributed by atoms with Gasteiger partial charge in [-0.3, -0.25) is 4.79 Å². The van der Waals surface area contributed by atoms with Gasteiger partial charge in [-0.25, -0.2) is 0 Å². The molecule has 1 fully saturated rings. The van der Waals surface area contributed by atoms with Crippen molar-refractivity contribution in [1.29, 1.82) is 0 Å². The molecule has 0 radical (unpaired) electrons. The summed E-state index contributed by atoms with van der Waals surface area (Å²) in [5.74, 6) is 0.944. The standard InChI is InChI=1S/C17H25NO/c1-13(2)11-14-5-4-6-15(12-14)16(19)17(3)7-9-18-10-8-17/h4-6,12-13,18H,7-11H2,1-3H3. The molecule has 104 valence electrons. The van der Waals surface area contributed by atoms with Crippen molar-refractivity contribution in [2.75, 3.05) is 13.1 Å². The molecule has 0 saturated carbocycles. The highest BCUT2D eigenvalue weighted by molar-refractivity contribution is 6.00. The number of hydrogen-bond donors (Lipinski definition) is 1. The number of carbonyl (C=O) groups excluding carboxylic acids is 1. The normalized spacial score (nSPS) is 18.5. The average Bonchev–Trinajstić information content (AvgIpc) is 2.38. The molecular weight excluding hydrogens is 234 g/mol. The minimum Gasteiger partial charge on any atom is -0.317 e. The van der Waals surface area contributed by atoms with E-state index in [1.165, 1.54) is 5.56 Å². The first-order chi connectivity index (χ1) is 9.01. The molecule has 0 spiro atoms. The maximum atomic E-state index is 12.7. The number of hydrogen-bond acceptors (Lipinski definition) is 2. The van der Waals surface area contributed by atoms with Crippen LogP contribution in [0.3, 0.4) is 0 Å². The lowest BCUT2D eigenvalue weighted by Gasteiger charge is -2.32. The Labute approximate surface area is 116 Å². The molecule has 1 aliphatic heterocycles. The second-order valence-corrected chi connectivity index (χ2v) is 6.44. The Morgan fingerprint density at radius 2 is 2.00 bits per heavy atom. The Balaban J connectivity index is 2.18. The molecule has 1 heterocycles. The van der Waals surface area contributed by atoms with Gasteiger partial charge in [0.05, 0.1) is 0 Å². The van der Waals surface area contributed by atoms with E-state index in [0.717, 1.165) is 37.9 Å². The van der Waals surface area contributed by atoms with Crippen LogP contribution >= 0.6 is 0 Å². The molecule has 0 amide bonds. The molecule has 19 heavy (non-hydrogen) atoms. The molecule has 2 rings (SSSR count). The lowest BCUT2D eigenvalue weighted by atomic mass is 9.75. The van der Waals surface area contributed by atoms with Crippen LogP contribution in [-0.4, -0.2) is 18.9 Å². The smallest absolute Gasteiger partial charge is 0.168 e. The highest BCUT2D eigenvalue weighted by atomic mass is 16.1. The van der Waals surface area contributed by atoms with E-state index in [1.807, 2.05) is 12.1 Å². The van der Waals surface area contributed by atoms with Gasteiger partial charge in [0, 0.05) is 11.0 Å². The van der Waals surface area contributed by atoms with Crippen molar-refractivity contribution >= 4 is 5.78 Å². The quantitative estimate of drug-likeness (QED) is 0.839. The van der Waals surface area contributed by atoms with Crippen molar-refractivity contribution in [3.8, 4) is 0 Å². The zero-order valence-corrected chi connectivity index (χ0v) is 12.3. The summed E-state index contributed by atoms with van der Waals surface area (Å²) in [7, 11) is 0. The maximum Gasteiger partial charge on any atom is 0.168 e. The highest BCUT2D eigenvalue weighted by Crippen LogP contribution is 2.32. The summed E-state index contributed by atoms with van der Waals surface area (Å²) in [6.07, 6.45) is 2.93. The van der Waals surface area contributed by atoms with Crippen molar-refractivity contribution in [3.63, 3.8) is 0 Å². The SMILES string of the molecule is CC(C)Cc1cccc(C(=O)C2(C)CCNCC2)c1. The van der Waals surface area contributed by atoms with Gasteiger partial charge in [0.1, 0.15) is 0 Å². The van der Waals surface area contributed by atoms with Crippen LogP contribution in [0.25, 0.3) is 0 Å². The van der Waals surface area contributed by atoms with Gasteiger partial charge in [0.15, 0.2) is 5.78 Å². The van der Waals surface area contributed by atoms with Gasteiger partial charge in [0.2, 0.25) is 0 Å². The van der Waals surface area contributed by atoms with Crippen LogP contribution in [-0.2, 0) is 6.42 Å². The van der Waals surface area contributed by atoms with Crippen LogP contribution in [0.15, 0.2) is 24.3 Å². The Morgan fingerprint density at radius 3 is 2.63 bits per heavy atom. The van der Waals surface area contributed by atoms with E-state index >= 15 is 0 Å². The summed E-state index contributed by atoms with van der Waals surface area (Å²) in [5, 5.41) is 3.33. The van der Waals surface area contributed by atoms with E-state index in [2.05, 4.69) is 38.2 Å². The van der Waals surface area contributed by atoms with Crippen LogP contribution < -0.4 is 5.32 Å². The molecule has 1 aromatic carbocycles. The molecule has 2 nitrogen and oxygen atoms in total. The van der Waals surface area contributed by atoms with E-state index in [0.29, 0.717) is 11.7 Å². The first-order valence-corrected chi connectivity index (χ1v) is 7.36. The minimum atomic E-state index is -0.179. The number of benzene rings is 1. The predicted octanol–water partition coefficient (Wildman–Crippen LogP) is 3.46. The number of Topliss-reactive ketones (excluding diaryl/α,β-unsaturated/α-hetero) is 1. The van der Waals surface area contributed by atoms with E-state index in [9.17, 15) is 4.79 Å². The van der Waals surface area contributed by atoms with Crippen molar-refractivity contribution in [2.45, 2.75) is 40.0 Å². The molecule has 0 unspecified atom stereocenters. The molecule has 1 aliphatic rings. The van der Waals surface area contributed by atoms with Crippen LogP contribution in [0.5, 0.6) is 0 Å². The molecular formula is C17H25NO. The van der Waals surface area contributed by atoms with Gasteiger partial charge >= 0.3 is 0 Å². The summed E-state index contributed by atoms with van der Waals surface area (Å²) in [6, 6.07) is 8.21. The summed E-state index contributed by atoms with van der Waals surface area (Å²) >= 11 is 0. The first kappa shape index (κ1) is 14.3. The van der Waals surface area contributed by atoms with Crippen molar-refractivity contribution in [3.05, 3.63) is 35.4 Å². The van der Waals surface area contributed by atoms with Crippen molar-refractivity contribution in [2.24, 2.45) is 11.3 Å². The van der Waals surface area contributed by atoms with Crippen LogP contribution in [0.2, 0.25) is 0 Å². The van der Waals surface area contributed by atoms with Crippen LogP contribution in [0, 0.1) is 11.3 Å². The van der Waals surface area contributed by atoms with Gasteiger partial charge < -0.3 is 5.32 Å². The topological polar surface area (TPSA) is 29.1 Å². The number of carbonyl (C=O) groups is 1. The molecule has 1 N–H and O–H groups in total. The summed E-state index contributed by atoms with van der Waals surface area (Å²) in [5.41, 5.74) is 1.99. The lowest BCUT2D eigenvalue weighted by molar-refractivity contribution is 0.0762. The number of nitrogens with one attached hydrogen (secondary N) is 1. The third kappa shape index (κ3) is 3.44. The van der Waals surface area contributed by atoms with Crippen LogP contribution in [0.4, 0.5) is 0 Å². The zero-order chi connectivity index (χ0) is 13.9. The number of ketones is 1. The number of piperidine rings is 1. The summed E-state index contributed by atoms with van der Waals surface area (Å²) in [6.45, 7) is 8.44. The monoisotopic (exact) mass is 259 g/mol. The first-order valence-electron chi connectivity index (χ1n) is 7.36. The fourth-order valence-corrected chi connectivity index (χ4v) is 2.87. The van der Waals surface area contributed by atoms with E-state index in [4.69, 9.17) is 0 Å². The predicted molar refractivity (Wildman–Crippen MR) is 79.5 cm³/mol. The van der Waals surface area contributed by atoms with Gasteiger partial charge in [0.25, 0.3) is 0 Å². The Morgan fingerprint density at radius 1 is 1.32 bits per heavy atom. The van der Waals surface area contributed by atoms with Gasteiger partial charge in [-0.15, -0.1) is 0 Å². The van der Waals surface area contributed by atoms with Gasteiger partial charge in [-0.1, -0.05) is 39.0 Å². The fourth-order valence-electron chi connectivity index (χ4n) is 2.87. The fraction of sp³-hybridized carbons (Fsp3) is 0.588. The Bertz CT molecular complexity index is 444. The van der Waals surface area contributed by atoms with Gasteiger partial charge in [-0.2, -0.15) is 0 Å². The third-order valence-electron chi connectivity index (χ3n) is 4.09. The molecule has 0 atom stereocenters. The molecule has 2 heteroatoms. The molecule has 0 aliphatic carbocycles. The molecule has 1 aromatic rings. The second-order valence-electron chi connectivity index (χ2n) is 6.44. The second kappa shape index (κ2) is 5.87. The third-order valence-corrected chi connectivity index (χ3v) is 4.09. The van der Waals surface area contributed by atoms with E-state index in [1.54, 1.807) is 0 Å². The van der Waals surface area contributed by atoms with Crippen molar-refractivity contribution in [1.82, 2.24) is 5.32 Å². The minimum absolute atomic E-state index is 0.179. The van der Waals surface area contributed by atoms with Crippen LogP contribution in [0.1, 0.15) is 49.5 Å². The Kier molecular flexibility index (Phi) is 4.41. The maximum absolute atomic E-state index is 12.7. The van der Waals surface area contributed by atoms with E-state index < -0.39 is 0 Å². The van der Waals surface area contributed by atoms with Crippen molar-refractivity contribution < 1.29 is 4.79 Å². The Hall–Kier alpha value is -1.15. The van der Waals surface area contributed by atoms with E-state index in [-0.39, 0.29) is 5.41 Å². The highest BCUT2D eigenvalue weighted by Gasteiger charge is 2.34. The summed E-state index contributed by atoms with van der Waals surface area (Å²) < 4.78 is 0. The zero-order valence-electron chi connectivity index (χ0n) is 12.3.